The van der Waals surface area contributed by atoms with Crippen LogP contribution >= 0.6 is 15.9 Å². The highest BCUT2D eigenvalue weighted by Gasteiger charge is 2.37. The highest BCUT2D eigenvalue weighted by molar-refractivity contribution is 9.10. The average Bonchev–Trinajstić information content (AvgIpc) is 3.04. The smallest absolute Gasteiger partial charge is 0.122 e. The van der Waals surface area contributed by atoms with E-state index in [4.69, 9.17) is 10.5 Å². The van der Waals surface area contributed by atoms with Crippen molar-refractivity contribution in [2.24, 2.45) is 5.73 Å². The maximum Gasteiger partial charge on any atom is 0.122 e. The summed E-state index contributed by atoms with van der Waals surface area (Å²) in [6.07, 6.45) is 3.26. The van der Waals surface area contributed by atoms with Crippen molar-refractivity contribution in [3.8, 4) is 5.75 Å². The van der Waals surface area contributed by atoms with Gasteiger partial charge in [0.2, 0.25) is 0 Å². The number of methoxy groups -OCH3 is 1. The monoisotopic (exact) mass is 298 g/mol. The molecule has 0 aliphatic heterocycles. The first-order valence-corrected chi connectivity index (χ1v) is 6.74. The van der Waals surface area contributed by atoms with Crippen molar-refractivity contribution in [2.45, 2.75) is 24.8 Å². The van der Waals surface area contributed by atoms with Crippen LogP contribution in [0.15, 0.2) is 22.7 Å². The number of halogens is 1. The maximum atomic E-state index is 6.01. The van der Waals surface area contributed by atoms with Crippen molar-refractivity contribution in [3.63, 3.8) is 0 Å². The van der Waals surface area contributed by atoms with Crippen LogP contribution in [0.4, 0.5) is 0 Å². The predicted molar refractivity (Wildman–Crippen MR) is 73.4 cm³/mol. The Labute approximate surface area is 111 Å². The Kier molecular flexibility index (Phi) is 4.07. The summed E-state index contributed by atoms with van der Waals surface area (Å²) in [6.45, 7) is 1.86. The highest BCUT2D eigenvalue weighted by atomic mass is 79.9. The van der Waals surface area contributed by atoms with Crippen molar-refractivity contribution < 1.29 is 4.74 Å². The van der Waals surface area contributed by atoms with Gasteiger partial charge in [-0.3, -0.25) is 0 Å². The minimum absolute atomic E-state index is 0.0847. The largest absolute Gasteiger partial charge is 0.496 e. The van der Waals surface area contributed by atoms with Gasteiger partial charge >= 0.3 is 0 Å². The molecule has 0 spiro atoms. The quantitative estimate of drug-likeness (QED) is 0.791. The number of hydrogen-bond donors (Lipinski definition) is 2. The second-order valence-corrected chi connectivity index (χ2v) is 5.66. The summed E-state index contributed by atoms with van der Waals surface area (Å²) in [6, 6.07) is 6.09. The van der Waals surface area contributed by atoms with Crippen LogP contribution in [0.2, 0.25) is 0 Å². The SMILES string of the molecule is COc1ccc(Br)cc1CCNCC1(N)CC1. The van der Waals surface area contributed by atoms with Crippen LogP contribution in [0, 0.1) is 0 Å². The molecular formula is C13H19BrN2O. The van der Waals surface area contributed by atoms with E-state index in [0.29, 0.717) is 0 Å². The first-order valence-electron chi connectivity index (χ1n) is 5.95. The predicted octanol–water partition coefficient (Wildman–Crippen LogP) is 2.08. The molecule has 0 aromatic heterocycles. The Morgan fingerprint density at radius 3 is 2.88 bits per heavy atom. The van der Waals surface area contributed by atoms with Gasteiger partial charge in [0.05, 0.1) is 7.11 Å². The van der Waals surface area contributed by atoms with Crippen molar-refractivity contribution in [1.82, 2.24) is 5.32 Å². The third-order valence-corrected chi connectivity index (χ3v) is 3.68. The summed E-state index contributed by atoms with van der Waals surface area (Å²) in [5.74, 6) is 0.948. The number of hydrogen-bond acceptors (Lipinski definition) is 3. The summed E-state index contributed by atoms with van der Waals surface area (Å²) < 4.78 is 6.43. The van der Waals surface area contributed by atoms with Gasteiger partial charge in [-0.15, -0.1) is 0 Å². The van der Waals surface area contributed by atoms with Crippen LogP contribution in [-0.2, 0) is 6.42 Å². The van der Waals surface area contributed by atoms with Crippen LogP contribution in [0.1, 0.15) is 18.4 Å². The van der Waals surface area contributed by atoms with Gasteiger partial charge in [-0.05, 0) is 49.6 Å². The molecule has 94 valence electrons. The van der Waals surface area contributed by atoms with Crippen molar-refractivity contribution in [3.05, 3.63) is 28.2 Å². The van der Waals surface area contributed by atoms with Gasteiger partial charge in [0, 0.05) is 16.6 Å². The molecule has 3 N–H and O–H groups in total. The summed E-state index contributed by atoms with van der Waals surface area (Å²) in [7, 11) is 1.71. The summed E-state index contributed by atoms with van der Waals surface area (Å²) in [5.41, 5.74) is 7.31. The Hall–Kier alpha value is -0.580. The maximum absolute atomic E-state index is 6.01. The van der Waals surface area contributed by atoms with E-state index in [1.165, 1.54) is 5.56 Å². The molecule has 0 atom stereocenters. The Morgan fingerprint density at radius 1 is 1.47 bits per heavy atom. The molecule has 1 aromatic carbocycles. The van der Waals surface area contributed by atoms with Crippen LogP contribution in [0.5, 0.6) is 5.75 Å². The standard InChI is InChI=1S/C13H19BrN2O/c1-17-12-3-2-11(14)8-10(12)4-7-16-9-13(15)5-6-13/h2-3,8,16H,4-7,9,15H2,1H3. The molecule has 0 amide bonds. The molecule has 17 heavy (non-hydrogen) atoms. The van der Waals surface area contributed by atoms with Gasteiger partial charge in [0.25, 0.3) is 0 Å². The second kappa shape index (κ2) is 5.38. The van der Waals surface area contributed by atoms with E-state index < -0.39 is 0 Å². The van der Waals surface area contributed by atoms with Gasteiger partial charge < -0.3 is 15.8 Å². The normalized spacial score (nSPS) is 16.9. The molecule has 3 nitrogen and oxygen atoms in total. The van der Waals surface area contributed by atoms with Gasteiger partial charge in [0.1, 0.15) is 5.75 Å². The number of nitrogens with one attached hydrogen (secondary N) is 1. The average molecular weight is 299 g/mol. The van der Waals surface area contributed by atoms with Gasteiger partial charge in [0.15, 0.2) is 0 Å². The molecule has 4 heteroatoms. The first-order chi connectivity index (χ1) is 8.13. The molecule has 0 saturated heterocycles. The van der Waals surface area contributed by atoms with E-state index in [0.717, 1.165) is 42.6 Å². The third-order valence-electron chi connectivity index (χ3n) is 3.18. The fraction of sp³-hybridized carbons (Fsp3) is 0.538. The summed E-state index contributed by atoms with van der Waals surface area (Å²) >= 11 is 3.48. The fourth-order valence-corrected chi connectivity index (χ4v) is 2.25. The zero-order chi connectivity index (χ0) is 12.3. The second-order valence-electron chi connectivity index (χ2n) is 4.75. The molecule has 1 aliphatic carbocycles. The fourth-order valence-electron chi connectivity index (χ4n) is 1.84. The van der Waals surface area contributed by atoms with Gasteiger partial charge in [-0.25, -0.2) is 0 Å². The third kappa shape index (κ3) is 3.69. The Balaban J connectivity index is 1.82. The molecule has 1 aromatic rings. The topological polar surface area (TPSA) is 47.3 Å². The van der Waals surface area contributed by atoms with Crippen molar-refractivity contribution in [1.29, 1.82) is 0 Å². The lowest BCUT2D eigenvalue weighted by molar-refractivity contribution is 0.409. The lowest BCUT2D eigenvalue weighted by atomic mass is 10.1. The van der Waals surface area contributed by atoms with E-state index in [-0.39, 0.29) is 5.54 Å². The lowest BCUT2D eigenvalue weighted by Crippen LogP contribution is -2.36. The molecule has 1 aliphatic rings. The molecule has 0 heterocycles. The van der Waals surface area contributed by atoms with E-state index >= 15 is 0 Å². The van der Waals surface area contributed by atoms with Crippen LogP contribution in [0.25, 0.3) is 0 Å². The minimum Gasteiger partial charge on any atom is -0.496 e. The Morgan fingerprint density at radius 2 is 2.24 bits per heavy atom. The van der Waals surface area contributed by atoms with Crippen molar-refractivity contribution in [2.75, 3.05) is 20.2 Å². The van der Waals surface area contributed by atoms with E-state index in [2.05, 4.69) is 27.3 Å². The van der Waals surface area contributed by atoms with E-state index in [9.17, 15) is 0 Å². The first kappa shape index (κ1) is 12.9. The zero-order valence-corrected chi connectivity index (χ0v) is 11.7. The number of ether oxygens (including phenoxy) is 1. The zero-order valence-electron chi connectivity index (χ0n) is 10.1. The van der Waals surface area contributed by atoms with Gasteiger partial charge in [-0.1, -0.05) is 15.9 Å². The van der Waals surface area contributed by atoms with Crippen LogP contribution < -0.4 is 15.8 Å². The summed E-state index contributed by atoms with van der Waals surface area (Å²) in [4.78, 5) is 0. The van der Waals surface area contributed by atoms with E-state index in [1.54, 1.807) is 7.11 Å². The molecule has 0 unspecified atom stereocenters. The number of rotatable bonds is 6. The highest BCUT2D eigenvalue weighted by Crippen LogP contribution is 2.31. The van der Waals surface area contributed by atoms with E-state index in [1.807, 2.05) is 12.1 Å². The number of nitrogens with two attached hydrogens (primary N) is 1. The molecular weight excluding hydrogens is 280 g/mol. The lowest BCUT2D eigenvalue weighted by Gasteiger charge is -2.12. The van der Waals surface area contributed by atoms with Crippen LogP contribution in [-0.4, -0.2) is 25.7 Å². The molecule has 1 saturated carbocycles. The minimum atomic E-state index is 0.0847. The van der Waals surface area contributed by atoms with Gasteiger partial charge in [-0.2, -0.15) is 0 Å². The molecule has 2 rings (SSSR count). The molecule has 1 fully saturated rings. The Bertz CT molecular complexity index is 391. The number of benzene rings is 1. The molecule has 0 bridgehead atoms. The molecule has 0 radical (unpaired) electrons. The van der Waals surface area contributed by atoms with Crippen LogP contribution in [0.3, 0.4) is 0 Å². The van der Waals surface area contributed by atoms with Crippen molar-refractivity contribution >= 4 is 15.9 Å². The summed E-state index contributed by atoms with van der Waals surface area (Å²) in [5, 5.41) is 3.41.